The van der Waals surface area contributed by atoms with Crippen LogP contribution in [0.4, 0.5) is 0 Å². The number of carbonyl (C=O) groups excluding carboxylic acids is 2. The topological polar surface area (TPSA) is 71.1 Å². The summed E-state index contributed by atoms with van der Waals surface area (Å²) in [6, 6.07) is 21.6. The first-order valence-electron chi connectivity index (χ1n) is 10.9. The third-order valence-electron chi connectivity index (χ3n) is 6.56. The van der Waals surface area contributed by atoms with Crippen LogP contribution < -0.4 is 9.47 Å². The van der Waals surface area contributed by atoms with Crippen molar-refractivity contribution in [2.45, 2.75) is 30.5 Å². The third kappa shape index (κ3) is 3.82. The van der Waals surface area contributed by atoms with Gasteiger partial charge in [-0.15, -0.1) is 0 Å². The van der Waals surface area contributed by atoms with Gasteiger partial charge in [-0.25, -0.2) is 9.59 Å². The van der Waals surface area contributed by atoms with Crippen LogP contribution in [0.2, 0.25) is 0 Å². The van der Waals surface area contributed by atoms with Gasteiger partial charge in [0.05, 0.1) is 25.3 Å². The van der Waals surface area contributed by atoms with Crippen LogP contribution in [0.1, 0.15) is 50.1 Å². The van der Waals surface area contributed by atoms with E-state index in [0.29, 0.717) is 22.6 Å². The third-order valence-corrected chi connectivity index (χ3v) is 6.56. The molecule has 0 radical (unpaired) electrons. The molecule has 3 aromatic carbocycles. The van der Waals surface area contributed by atoms with Gasteiger partial charge in [0.25, 0.3) is 0 Å². The summed E-state index contributed by atoms with van der Waals surface area (Å²) in [6.07, 6.45) is -0.330. The predicted molar refractivity (Wildman–Crippen MR) is 121 cm³/mol. The van der Waals surface area contributed by atoms with Crippen molar-refractivity contribution in [1.82, 2.24) is 0 Å². The van der Waals surface area contributed by atoms with Gasteiger partial charge in [-0.3, -0.25) is 0 Å². The van der Waals surface area contributed by atoms with Gasteiger partial charge < -0.3 is 18.9 Å². The molecule has 0 heterocycles. The normalized spacial score (nSPS) is 22.4. The number of hydrogen-bond donors (Lipinski definition) is 0. The minimum Gasteiger partial charge on any atom is -0.497 e. The SMILES string of the molecule is COc1ccc(C(=O)O[C@@H]2C3CC(c4ccccc43)[C@@H]2OC(=O)c2ccc(OC)cc2)cc1. The molecule has 2 aliphatic rings. The molecule has 168 valence electrons. The molecule has 2 bridgehead atoms. The van der Waals surface area contributed by atoms with Crippen molar-refractivity contribution in [3.63, 3.8) is 0 Å². The van der Waals surface area contributed by atoms with E-state index in [-0.39, 0.29) is 11.8 Å². The molecule has 33 heavy (non-hydrogen) atoms. The van der Waals surface area contributed by atoms with Crippen molar-refractivity contribution in [3.05, 3.63) is 95.1 Å². The van der Waals surface area contributed by atoms with E-state index in [4.69, 9.17) is 18.9 Å². The fraction of sp³-hybridized carbons (Fsp3) is 0.259. The van der Waals surface area contributed by atoms with E-state index >= 15 is 0 Å². The summed E-state index contributed by atoms with van der Waals surface area (Å²) < 4.78 is 22.3. The van der Waals surface area contributed by atoms with E-state index in [1.54, 1.807) is 62.8 Å². The Kier molecular flexibility index (Phi) is 5.50. The lowest BCUT2D eigenvalue weighted by atomic mass is 9.87. The molecule has 2 aliphatic carbocycles. The zero-order valence-electron chi connectivity index (χ0n) is 18.4. The minimum atomic E-state index is -0.554. The number of hydrogen-bond acceptors (Lipinski definition) is 6. The van der Waals surface area contributed by atoms with E-state index in [1.807, 2.05) is 12.1 Å². The molecule has 6 nitrogen and oxygen atoms in total. The number of carbonyl (C=O) groups is 2. The largest absolute Gasteiger partial charge is 0.497 e. The Morgan fingerprint density at radius 2 is 1.03 bits per heavy atom. The van der Waals surface area contributed by atoms with Crippen molar-refractivity contribution in [1.29, 1.82) is 0 Å². The summed E-state index contributed by atoms with van der Waals surface area (Å²) in [7, 11) is 3.14. The molecule has 0 aromatic heterocycles. The quantitative estimate of drug-likeness (QED) is 0.512. The Balaban J connectivity index is 1.40. The first kappa shape index (κ1) is 21.1. The molecular formula is C27H24O6. The van der Waals surface area contributed by atoms with Crippen molar-refractivity contribution in [2.24, 2.45) is 0 Å². The minimum absolute atomic E-state index is 0.0120. The number of methoxy groups -OCH3 is 2. The summed E-state index contributed by atoms with van der Waals surface area (Å²) >= 11 is 0. The molecule has 0 N–H and O–H groups in total. The standard InChI is InChI=1S/C27H24O6/c1-30-18-11-7-16(8-12-18)26(28)32-24-22-15-23(21-6-4-3-5-20(21)22)25(24)33-27(29)17-9-13-19(31-2)14-10-17/h3-14,22-25H,15H2,1-2H3/t22?,23?,24-,25+. The monoisotopic (exact) mass is 444 g/mol. The second-order valence-corrected chi connectivity index (χ2v) is 8.27. The lowest BCUT2D eigenvalue weighted by Crippen LogP contribution is -2.39. The number of ether oxygens (including phenoxy) is 4. The first-order chi connectivity index (χ1) is 16.1. The maximum absolute atomic E-state index is 12.9. The molecule has 5 rings (SSSR count). The number of fused-ring (bicyclic) bond motifs is 5. The van der Waals surface area contributed by atoms with E-state index < -0.39 is 24.1 Å². The van der Waals surface area contributed by atoms with Crippen molar-refractivity contribution in [3.8, 4) is 11.5 Å². The second-order valence-electron chi connectivity index (χ2n) is 8.27. The van der Waals surface area contributed by atoms with Crippen LogP contribution in [0.25, 0.3) is 0 Å². The van der Waals surface area contributed by atoms with Crippen LogP contribution >= 0.6 is 0 Å². The molecule has 0 aliphatic heterocycles. The van der Waals surface area contributed by atoms with Crippen molar-refractivity contribution >= 4 is 11.9 Å². The van der Waals surface area contributed by atoms with Crippen molar-refractivity contribution in [2.75, 3.05) is 14.2 Å². The van der Waals surface area contributed by atoms with Crippen molar-refractivity contribution < 1.29 is 28.5 Å². The highest BCUT2D eigenvalue weighted by molar-refractivity contribution is 5.91. The molecule has 0 spiro atoms. The molecule has 1 fully saturated rings. The molecular weight excluding hydrogens is 420 g/mol. The number of rotatable bonds is 6. The molecule has 0 amide bonds. The van der Waals surface area contributed by atoms with E-state index in [2.05, 4.69) is 12.1 Å². The summed E-state index contributed by atoms with van der Waals surface area (Å²) in [6.45, 7) is 0. The Hall–Kier alpha value is -3.80. The van der Waals surface area contributed by atoms with Crippen LogP contribution in [-0.4, -0.2) is 38.4 Å². The van der Waals surface area contributed by atoms with Gasteiger partial charge >= 0.3 is 11.9 Å². The fourth-order valence-electron chi connectivity index (χ4n) is 4.93. The summed E-state index contributed by atoms with van der Waals surface area (Å²) in [4.78, 5) is 25.9. The summed E-state index contributed by atoms with van der Waals surface area (Å²) in [5, 5.41) is 0. The predicted octanol–water partition coefficient (Wildman–Crippen LogP) is 4.74. The van der Waals surface area contributed by atoms with Crippen LogP contribution in [0.15, 0.2) is 72.8 Å². The van der Waals surface area contributed by atoms with Gasteiger partial charge in [0.2, 0.25) is 0 Å². The zero-order valence-corrected chi connectivity index (χ0v) is 18.4. The summed E-state index contributed by atoms with van der Waals surface area (Å²) in [5.41, 5.74) is 3.16. The Bertz CT molecular complexity index is 1080. The van der Waals surface area contributed by atoms with Gasteiger partial charge in [-0.2, -0.15) is 0 Å². The van der Waals surface area contributed by atoms with E-state index in [9.17, 15) is 9.59 Å². The van der Waals surface area contributed by atoms with Crippen LogP contribution in [-0.2, 0) is 9.47 Å². The van der Waals surface area contributed by atoms with Crippen LogP contribution in [0.3, 0.4) is 0 Å². The second kappa shape index (κ2) is 8.62. The van der Waals surface area contributed by atoms with Gasteiger partial charge in [0.1, 0.15) is 23.7 Å². The van der Waals surface area contributed by atoms with Crippen LogP contribution in [0.5, 0.6) is 11.5 Å². The van der Waals surface area contributed by atoms with Gasteiger partial charge in [0, 0.05) is 11.8 Å². The lowest BCUT2D eigenvalue weighted by Gasteiger charge is -2.32. The smallest absolute Gasteiger partial charge is 0.338 e. The molecule has 2 unspecified atom stereocenters. The molecule has 4 atom stereocenters. The Morgan fingerprint density at radius 3 is 1.39 bits per heavy atom. The van der Waals surface area contributed by atoms with Gasteiger partial charge in [-0.05, 0) is 66.1 Å². The van der Waals surface area contributed by atoms with E-state index in [0.717, 1.165) is 17.5 Å². The molecule has 6 heteroatoms. The zero-order chi connectivity index (χ0) is 22.9. The van der Waals surface area contributed by atoms with Gasteiger partial charge in [0.15, 0.2) is 0 Å². The van der Waals surface area contributed by atoms with Gasteiger partial charge in [-0.1, -0.05) is 24.3 Å². The molecule has 3 aromatic rings. The lowest BCUT2D eigenvalue weighted by molar-refractivity contribution is -0.0348. The highest BCUT2D eigenvalue weighted by atomic mass is 16.6. The number of benzene rings is 3. The number of esters is 2. The Morgan fingerprint density at radius 1 is 0.636 bits per heavy atom. The molecule has 1 saturated carbocycles. The fourth-order valence-corrected chi connectivity index (χ4v) is 4.93. The first-order valence-corrected chi connectivity index (χ1v) is 10.9. The Labute approximate surface area is 192 Å². The maximum atomic E-state index is 12.9. The highest BCUT2D eigenvalue weighted by Gasteiger charge is 2.55. The average molecular weight is 444 g/mol. The highest BCUT2D eigenvalue weighted by Crippen LogP contribution is 2.55. The van der Waals surface area contributed by atoms with E-state index in [1.165, 1.54) is 0 Å². The average Bonchev–Trinajstić information content (AvgIpc) is 3.41. The van der Waals surface area contributed by atoms with Crippen LogP contribution in [0, 0.1) is 0 Å². The summed E-state index contributed by atoms with van der Waals surface area (Å²) in [5.74, 6) is 0.402. The maximum Gasteiger partial charge on any atom is 0.338 e. The molecule has 0 saturated heterocycles.